The Balaban J connectivity index is 1.99. The largest absolute Gasteiger partial charge is 0.325 e. The molecule has 1 saturated heterocycles. The molecule has 4 heteroatoms. The van der Waals surface area contributed by atoms with Gasteiger partial charge in [-0.15, -0.1) is 0 Å². The molecule has 0 aliphatic carbocycles. The van der Waals surface area contributed by atoms with Crippen molar-refractivity contribution in [1.29, 1.82) is 0 Å². The lowest BCUT2D eigenvalue weighted by Crippen LogP contribution is -3.14. The summed E-state index contributed by atoms with van der Waals surface area (Å²) in [6.45, 7) is 4.17. The molecule has 0 unspecified atom stereocenters. The van der Waals surface area contributed by atoms with Crippen LogP contribution in [0.5, 0.6) is 0 Å². The SMILES string of the molecule is C[C@H](C(=O)Nc1ccccc1Cl)[NH+]1CCCC1. The maximum absolute atomic E-state index is 12.1. The zero-order chi connectivity index (χ0) is 12.3. The number of likely N-dealkylation sites (tertiary alicyclic amines) is 1. The van der Waals surface area contributed by atoms with Crippen molar-refractivity contribution in [3.05, 3.63) is 29.3 Å². The molecule has 1 aromatic rings. The first-order valence-corrected chi connectivity index (χ1v) is 6.46. The van der Waals surface area contributed by atoms with Crippen molar-refractivity contribution < 1.29 is 9.69 Å². The quantitative estimate of drug-likeness (QED) is 0.838. The summed E-state index contributed by atoms with van der Waals surface area (Å²) in [5.74, 6) is 0.0509. The molecule has 92 valence electrons. The van der Waals surface area contributed by atoms with E-state index in [-0.39, 0.29) is 11.9 Å². The number of carbonyl (C=O) groups is 1. The normalized spacial score (nSPS) is 18.0. The Kier molecular flexibility index (Phi) is 4.02. The standard InChI is InChI=1S/C13H17ClN2O/c1-10(16-8-4-5-9-16)13(17)15-12-7-3-2-6-11(12)14/h2-3,6-7,10H,4-5,8-9H2,1H3,(H,15,17)/p+1/t10-/m1/s1. The Bertz CT molecular complexity index is 402. The van der Waals surface area contributed by atoms with Crippen molar-refractivity contribution in [2.75, 3.05) is 18.4 Å². The van der Waals surface area contributed by atoms with Crippen LogP contribution in [0.1, 0.15) is 19.8 Å². The van der Waals surface area contributed by atoms with Crippen LogP contribution >= 0.6 is 11.6 Å². The Morgan fingerprint density at radius 1 is 1.35 bits per heavy atom. The number of hydrogen-bond donors (Lipinski definition) is 2. The van der Waals surface area contributed by atoms with Crippen LogP contribution in [0.15, 0.2) is 24.3 Å². The molecule has 1 atom stereocenters. The van der Waals surface area contributed by atoms with E-state index in [9.17, 15) is 4.79 Å². The van der Waals surface area contributed by atoms with Crippen LogP contribution < -0.4 is 10.2 Å². The number of benzene rings is 1. The molecular formula is C13H18ClN2O+. The van der Waals surface area contributed by atoms with Crippen LogP contribution in [-0.2, 0) is 4.79 Å². The topological polar surface area (TPSA) is 33.5 Å². The van der Waals surface area contributed by atoms with Crippen LogP contribution in [0.25, 0.3) is 0 Å². The van der Waals surface area contributed by atoms with Crippen LogP contribution in [0.4, 0.5) is 5.69 Å². The summed E-state index contributed by atoms with van der Waals surface area (Å²) in [4.78, 5) is 13.4. The molecular weight excluding hydrogens is 236 g/mol. The van der Waals surface area contributed by atoms with Gasteiger partial charge in [-0.2, -0.15) is 0 Å². The van der Waals surface area contributed by atoms with Crippen molar-refractivity contribution in [2.45, 2.75) is 25.8 Å². The minimum Gasteiger partial charge on any atom is -0.325 e. The first-order chi connectivity index (χ1) is 8.18. The minimum atomic E-state index is -0.00577. The second-order valence-electron chi connectivity index (χ2n) is 4.56. The fraction of sp³-hybridized carbons (Fsp3) is 0.462. The highest BCUT2D eigenvalue weighted by molar-refractivity contribution is 6.33. The van der Waals surface area contributed by atoms with E-state index in [0.717, 1.165) is 13.1 Å². The highest BCUT2D eigenvalue weighted by Gasteiger charge is 2.27. The second-order valence-corrected chi connectivity index (χ2v) is 4.96. The third-order valence-electron chi connectivity index (χ3n) is 3.38. The summed E-state index contributed by atoms with van der Waals surface area (Å²) in [5, 5.41) is 3.48. The monoisotopic (exact) mass is 253 g/mol. The number of rotatable bonds is 3. The number of amides is 1. The molecule has 2 rings (SSSR count). The molecule has 0 aromatic heterocycles. The number of para-hydroxylation sites is 1. The predicted molar refractivity (Wildman–Crippen MR) is 69.5 cm³/mol. The van der Waals surface area contributed by atoms with E-state index in [1.165, 1.54) is 17.7 Å². The first-order valence-electron chi connectivity index (χ1n) is 6.08. The fourth-order valence-electron chi connectivity index (χ4n) is 2.25. The number of carbonyl (C=O) groups excluding carboxylic acids is 1. The Labute approximate surface area is 107 Å². The molecule has 1 aliphatic rings. The summed E-state index contributed by atoms with van der Waals surface area (Å²) < 4.78 is 0. The van der Waals surface area contributed by atoms with Crippen molar-refractivity contribution in [1.82, 2.24) is 0 Å². The Hall–Kier alpha value is -1.06. The lowest BCUT2D eigenvalue weighted by molar-refractivity contribution is -0.901. The molecule has 0 radical (unpaired) electrons. The molecule has 1 fully saturated rings. The number of quaternary nitrogens is 1. The van der Waals surface area contributed by atoms with Gasteiger partial charge in [0.05, 0.1) is 23.8 Å². The van der Waals surface area contributed by atoms with E-state index < -0.39 is 0 Å². The van der Waals surface area contributed by atoms with Gasteiger partial charge in [-0.3, -0.25) is 4.79 Å². The number of hydrogen-bond acceptors (Lipinski definition) is 1. The van der Waals surface area contributed by atoms with Gasteiger partial charge in [-0.25, -0.2) is 0 Å². The summed E-state index contributed by atoms with van der Waals surface area (Å²) in [6, 6.07) is 7.33. The highest BCUT2D eigenvalue weighted by atomic mass is 35.5. The van der Waals surface area contributed by atoms with Gasteiger partial charge >= 0.3 is 0 Å². The summed E-state index contributed by atoms with van der Waals surface area (Å²) in [6.07, 6.45) is 2.44. The van der Waals surface area contributed by atoms with Crippen LogP contribution in [0.3, 0.4) is 0 Å². The molecule has 1 aromatic carbocycles. The van der Waals surface area contributed by atoms with Gasteiger partial charge in [0.15, 0.2) is 6.04 Å². The molecule has 0 bridgehead atoms. The average molecular weight is 254 g/mol. The van der Waals surface area contributed by atoms with E-state index in [0.29, 0.717) is 10.7 Å². The van der Waals surface area contributed by atoms with Gasteiger partial charge in [0, 0.05) is 12.8 Å². The van der Waals surface area contributed by atoms with Gasteiger partial charge < -0.3 is 10.2 Å². The fourth-order valence-corrected chi connectivity index (χ4v) is 2.43. The van der Waals surface area contributed by atoms with Crippen LogP contribution in [0.2, 0.25) is 5.02 Å². The molecule has 1 aliphatic heterocycles. The second kappa shape index (κ2) is 5.52. The number of halogens is 1. The summed E-state index contributed by atoms with van der Waals surface area (Å²) in [7, 11) is 0. The predicted octanol–water partition coefficient (Wildman–Crippen LogP) is 1.35. The lowest BCUT2D eigenvalue weighted by atomic mass is 10.2. The third kappa shape index (κ3) is 2.99. The maximum Gasteiger partial charge on any atom is 0.282 e. The Morgan fingerprint density at radius 2 is 2.00 bits per heavy atom. The Morgan fingerprint density at radius 3 is 2.65 bits per heavy atom. The van der Waals surface area contributed by atoms with Crippen molar-refractivity contribution >= 4 is 23.2 Å². The van der Waals surface area contributed by atoms with E-state index in [1.54, 1.807) is 6.07 Å². The summed E-state index contributed by atoms with van der Waals surface area (Å²) >= 11 is 6.01. The molecule has 2 N–H and O–H groups in total. The lowest BCUT2D eigenvalue weighted by Gasteiger charge is -2.20. The zero-order valence-electron chi connectivity index (χ0n) is 10.0. The van der Waals surface area contributed by atoms with E-state index in [1.807, 2.05) is 25.1 Å². The van der Waals surface area contributed by atoms with Crippen LogP contribution in [0, 0.1) is 0 Å². The molecule has 17 heavy (non-hydrogen) atoms. The van der Waals surface area contributed by atoms with Gasteiger partial charge in [-0.1, -0.05) is 23.7 Å². The number of nitrogens with one attached hydrogen (secondary N) is 2. The van der Waals surface area contributed by atoms with Crippen molar-refractivity contribution in [2.24, 2.45) is 0 Å². The third-order valence-corrected chi connectivity index (χ3v) is 3.71. The molecule has 1 heterocycles. The van der Waals surface area contributed by atoms with E-state index >= 15 is 0 Å². The molecule has 1 amide bonds. The first kappa shape index (κ1) is 12.4. The van der Waals surface area contributed by atoms with E-state index in [2.05, 4.69) is 5.32 Å². The number of anilines is 1. The van der Waals surface area contributed by atoms with E-state index in [4.69, 9.17) is 11.6 Å². The highest BCUT2D eigenvalue weighted by Crippen LogP contribution is 2.20. The average Bonchev–Trinajstić information content (AvgIpc) is 2.84. The van der Waals surface area contributed by atoms with Gasteiger partial charge in [-0.05, 0) is 19.1 Å². The van der Waals surface area contributed by atoms with Crippen molar-refractivity contribution in [3.63, 3.8) is 0 Å². The van der Waals surface area contributed by atoms with Gasteiger partial charge in [0.1, 0.15) is 0 Å². The zero-order valence-corrected chi connectivity index (χ0v) is 10.8. The van der Waals surface area contributed by atoms with Gasteiger partial charge in [0.2, 0.25) is 0 Å². The molecule has 3 nitrogen and oxygen atoms in total. The maximum atomic E-state index is 12.1. The van der Waals surface area contributed by atoms with Crippen LogP contribution in [-0.4, -0.2) is 25.0 Å². The smallest absolute Gasteiger partial charge is 0.282 e. The van der Waals surface area contributed by atoms with Crippen molar-refractivity contribution in [3.8, 4) is 0 Å². The summed E-state index contributed by atoms with van der Waals surface area (Å²) in [5.41, 5.74) is 0.699. The van der Waals surface area contributed by atoms with Gasteiger partial charge in [0.25, 0.3) is 5.91 Å². The minimum absolute atomic E-state index is 0.00577. The molecule has 0 spiro atoms. The molecule has 0 saturated carbocycles.